The molecule has 3 aromatic rings. The molecule has 0 fully saturated rings. The number of aryl methyl sites for hydroxylation is 1. The van der Waals surface area contributed by atoms with Crippen LogP contribution in [0, 0.1) is 20.8 Å². The number of carboxylic acids is 1. The Kier molecular flexibility index (Phi) is 8.77. The molecule has 0 spiro atoms. The summed E-state index contributed by atoms with van der Waals surface area (Å²) in [6.45, 7) is 10.8. The zero-order valence-electron chi connectivity index (χ0n) is 24.4. The van der Waals surface area contributed by atoms with E-state index in [2.05, 4.69) is 0 Å². The number of carboxylic acid groups (broad SMARTS) is 1. The topological polar surface area (TPSA) is 104 Å². The second-order valence-corrected chi connectivity index (χ2v) is 13.5. The Morgan fingerprint density at radius 2 is 1.73 bits per heavy atom. The van der Waals surface area contributed by atoms with Gasteiger partial charge in [0.1, 0.15) is 16.7 Å². The predicted molar refractivity (Wildman–Crippen MR) is 163 cm³/mol. The highest BCUT2D eigenvalue weighted by Gasteiger charge is 2.42. The number of ether oxygens (including phenoxy) is 1. The van der Waals surface area contributed by atoms with Gasteiger partial charge in [-0.25, -0.2) is 13.2 Å². The van der Waals surface area contributed by atoms with Gasteiger partial charge in [0.2, 0.25) is 15.9 Å². The fourth-order valence-electron chi connectivity index (χ4n) is 5.33. The SMILES string of the molecule is COc1c(C)cc(S(=O)(=O)N2CC(C)=CCC2C(=O)N(c2cc(-c3ccccc3)sc2C(=O)O)C(C)C)c(C)c1C. The van der Waals surface area contributed by atoms with Crippen LogP contribution in [-0.2, 0) is 14.8 Å². The lowest BCUT2D eigenvalue weighted by molar-refractivity contribution is -0.122. The van der Waals surface area contributed by atoms with E-state index in [-0.39, 0.29) is 28.4 Å². The molecule has 2 heterocycles. The summed E-state index contributed by atoms with van der Waals surface area (Å²) >= 11 is 1.09. The van der Waals surface area contributed by atoms with E-state index < -0.39 is 34.0 Å². The van der Waals surface area contributed by atoms with Crippen LogP contribution in [0.4, 0.5) is 5.69 Å². The third-order valence-corrected chi connectivity index (χ3v) is 10.6. The second-order valence-electron chi connectivity index (χ2n) is 10.6. The molecule has 8 nitrogen and oxygen atoms in total. The summed E-state index contributed by atoms with van der Waals surface area (Å²) in [6.07, 6.45) is 2.06. The van der Waals surface area contributed by atoms with Crippen molar-refractivity contribution in [1.82, 2.24) is 4.31 Å². The molecular formula is C31H36N2O6S2. The molecule has 4 rings (SSSR count). The first-order valence-electron chi connectivity index (χ1n) is 13.4. The van der Waals surface area contributed by atoms with Gasteiger partial charge in [0, 0.05) is 17.5 Å². The molecule has 0 radical (unpaired) electrons. The maximum absolute atomic E-state index is 14.4. The fraction of sp³-hybridized carbons (Fsp3) is 0.355. The van der Waals surface area contributed by atoms with E-state index in [4.69, 9.17) is 4.74 Å². The van der Waals surface area contributed by atoms with E-state index in [1.807, 2.05) is 50.3 Å². The molecule has 1 atom stereocenters. The summed E-state index contributed by atoms with van der Waals surface area (Å²) in [6, 6.07) is 11.2. The van der Waals surface area contributed by atoms with Gasteiger partial charge in [-0.1, -0.05) is 42.0 Å². The first-order chi connectivity index (χ1) is 19.3. The predicted octanol–water partition coefficient (Wildman–Crippen LogP) is 6.20. The van der Waals surface area contributed by atoms with E-state index in [1.54, 1.807) is 46.9 Å². The van der Waals surface area contributed by atoms with E-state index >= 15 is 0 Å². The zero-order chi connectivity index (χ0) is 30.2. The Hall–Kier alpha value is -3.47. The Morgan fingerprint density at radius 1 is 1.07 bits per heavy atom. The first-order valence-corrected chi connectivity index (χ1v) is 15.6. The zero-order valence-corrected chi connectivity index (χ0v) is 26.0. The largest absolute Gasteiger partial charge is 0.496 e. The number of nitrogens with zero attached hydrogens (tertiary/aromatic N) is 2. The number of sulfonamides is 1. The molecule has 0 bridgehead atoms. The van der Waals surface area contributed by atoms with Crippen molar-refractivity contribution in [2.75, 3.05) is 18.6 Å². The molecule has 2 aromatic carbocycles. The number of aromatic carboxylic acids is 1. The lowest BCUT2D eigenvalue weighted by Crippen LogP contribution is -2.54. The van der Waals surface area contributed by atoms with Gasteiger partial charge < -0.3 is 14.7 Å². The van der Waals surface area contributed by atoms with Crippen LogP contribution in [0.5, 0.6) is 5.75 Å². The first kappa shape index (κ1) is 30.5. The van der Waals surface area contributed by atoms with E-state index in [9.17, 15) is 23.1 Å². The molecule has 218 valence electrons. The molecule has 1 aromatic heterocycles. The summed E-state index contributed by atoms with van der Waals surface area (Å²) in [5, 5.41) is 10.1. The monoisotopic (exact) mass is 596 g/mol. The van der Waals surface area contributed by atoms with Crippen molar-refractivity contribution >= 4 is 38.9 Å². The molecule has 1 N–H and O–H groups in total. The Bertz CT molecular complexity index is 1620. The van der Waals surface area contributed by atoms with Crippen molar-refractivity contribution in [2.45, 2.75) is 64.9 Å². The van der Waals surface area contributed by atoms with Gasteiger partial charge in [-0.05, 0) is 82.3 Å². The van der Waals surface area contributed by atoms with E-state index in [0.29, 0.717) is 21.8 Å². The lowest BCUT2D eigenvalue weighted by atomic mass is 10.0. The van der Waals surface area contributed by atoms with Gasteiger partial charge in [-0.2, -0.15) is 4.31 Å². The molecular weight excluding hydrogens is 560 g/mol. The summed E-state index contributed by atoms with van der Waals surface area (Å²) in [5.41, 5.74) is 3.90. The van der Waals surface area contributed by atoms with Crippen molar-refractivity contribution in [1.29, 1.82) is 0 Å². The number of amides is 1. The minimum absolute atomic E-state index is 0.0279. The summed E-state index contributed by atoms with van der Waals surface area (Å²) in [4.78, 5) is 29.0. The fourth-order valence-corrected chi connectivity index (χ4v) is 8.32. The molecule has 0 saturated heterocycles. The third kappa shape index (κ3) is 5.68. The van der Waals surface area contributed by atoms with Crippen molar-refractivity contribution in [3.8, 4) is 16.2 Å². The van der Waals surface area contributed by atoms with E-state index in [0.717, 1.165) is 28.0 Å². The van der Waals surface area contributed by atoms with Gasteiger partial charge in [0.15, 0.2) is 0 Å². The minimum atomic E-state index is -4.12. The summed E-state index contributed by atoms with van der Waals surface area (Å²) in [7, 11) is -2.57. The molecule has 41 heavy (non-hydrogen) atoms. The maximum atomic E-state index is 14.4. The van der Waals surface area contributed by atoms with Crippen LogP contribution >= 0.6 is 11.3 Å². The maximum Gasteiger partial charge on any atom is 0.348 e. The van der Waals surface area contributed by atoms with Gasteiger partial charge in [0.05, 0.1) is 17.7 Å². The second kappa shape index (κ2) is 11.8. The molecule has 0 aliphatic carbocycles. The molecule has 0 saturated carbocycles. The average Bonchev–Trinajstić information content (AvgIpc) is 3.36. The number of rotatable bonds is 8. The molecule has 1 aliphatic heterocycles. The van der Waals surface area contributed by atoms with Crippen molar-refractivity contribution in [2.24, 2.45) is 0 Å². The number of thiophene rings is 1. The number of methoxy groups -OCH3 is 1. The number of carbonyl (C=O) groups excluding carboxylic acids is 1. The highest BCUT2D eigenvalue weighted by atomic mass is 32.2. The molecule has 1 aliphatic rings. The quantitative estimate of drug-likeness (QED) is 0.311. The van der Waals surface area contributed by atoms with E-state index in [1.165, 1.54) is 9.21 Å². The van der Waals surface area contributed by atoms with Gasteiger partial charge >= 0.3 is 5.97 Å². The molecule has 1 amide bonds. The Labute approximate surface area is 245 Å². The highest BCUT2D eigenvalue weighted by molar-refractivity contribution is 7.89. The van der Waals surface area contributed by atoms with Crippen molar-refractivity contribution in [3.05, 3.63) is 75.7 Å². The number of hydrogen-bond acceptors (Lipinski definition) is 6. The van der Waals surface area contributed by atoms with Crippen molar-refractivity contribution < 1.29 is 27.9 Å². The summed E-state index contributed by atoms with van der Waals surface area (Å²) in [5.74, 6) is -0.983. The van der Waals surface area contributed by atoms with Crippen LogP contribution in [0.1, 0.15) is 53.6 Å². The van der Waals surface area contributed by atoms with Crippen LogP contribution in [0.2, 0.25) is 0 Å². The van der Waals surface area contributed by atoms with Gasteiger partial charge in [-0.15, -0.1) is 11.3 Å². The summed E-state index contributed by atoms with van der Waals surface area (Å²) < 4.78 is 35.3. The van der Waals surface area contributed by atoms with Crippen LogP contribution in [-0.4, -0.2) is 55.4 Å². The van der Waals surface area contributed by atoms with Gasteiger partial charge in [-0.3, -0.25) is 4.79 Å². The average molecular weight is 597 g/mol. The lowest BCUT2D eigenvalue weighted by Gasteiger charge is -2.38. The van der Waals surface area contributed by atoms with Crippen LogP contribution in [0.3, 0.4) is 0 Å². The molecule has 10 heteroatoms. The number of carbonyl (C=O) groups is 2. The number of anilines is 1. The van der Waals surface area contributed by atoms with Gasteiger partial charge in [0.25, 0.3) is 0 Å². The minimum Gasteiger partial charge on any atom is -0.496 e. The smallest absolute Gasteiger partial charge is 0.348 e. The Morgan fingerprint density at radius 3 is 2.32 bits per heavy atom. The van der Waals surface area contributed by atoms with Crippen LogP contribution < -0.4 is 9.64 Å². The van der Waals surface area contributed by atoms with Crippen LogP contribution in [0.25, 0.3) is 10.4 Å². The Balaban J connectivity index is 1.83. The third-order valence-electron chi connectivity index (χ3n) is 7.48. The standard InChI is InChI=1S/C31H36N2O6S2/c1-18(2)33(25-16-26(40-29(25)31(35)36)23-11-9-8-10-12-23)30(34)24-14-13-19(3)17-32(24)41(37,38)27-15-20(4)28(39-7)22(6)21(27)5/h8-13,15-16,18,24H,14,17H2,1-7H3,(H,35,36). The van der Waals surface area contributed by atoms with Crippen LogP contribution in [0.15, 0.2) is 59.0 Å². The van der Waals surface area contributed by atoms with Crippen molar-refractivity contribution in [3.63, 3.8) is 0 Å². The number of benzene rings is 2. The molecule has 1 unspecified atom stereocenters. The normalized spacial score (nSPS) is 16.0. The highest BCUT2D eigenvalue weighted by Crippen LogP contribution is 2.40. The number of hydrogen-bond donors (Lipinski definition) is 1.